The van der Waals surface area contributed by atoms with Crippen LogP contribution in [0.15, 0.2) is 36.4 Å². The van der Waals surface area contributed by atoms with E-state index >= 15 is 0 Å². The Labute approximate surface area is 146 Å². The Morgan fingerprint density at radius 3 is 2.81 bits per heavy atom. The van der Waals surface area contributed by atoms with E-state index in [1.54, 1.807) is 18.2 Å². The molecule has 1 aromatic heterocycles. The summed E-state index contributed by atoms with van der Waals surface area (Å²) in [6, 6.07) is 10.7. The molecule has 0 fully saturated rings. The Morgan fingerprint density at radius 1 is 1.33 bits per heavy atom. The van der Waals surface area contributed by atoms with Crippen LogP contribution in [-0.4, -0.2) is 16.0 Å². The first-order valence-corrected chi connectivity index (χ1v) is 7.83. The Hall–Kier alpha value is -1.25. The second kappa shape index (κ2) is 7.15. The van der Waals surface area contributed by atoms with Crippen molar-refractivity contribution < 1.29 is 4.79 Å². The van der Waals surface area contributed by atoms with Gasteiger partial charge in [-0.2, -0.15) is 0 Å². The number of aryl methyl sites for hydroxylation is 1. The van der Waals surface area contributed by atoms with Crippen molar-refractivity contribution in [3.8, 4) is 0 Å². The first kappa shape index (κ1) is 16.1. The number of carbonyl (C=O) groups excluding carboxylic acids is 1. The van der Waals surface area contributed by atoms with Gasteiger partial charge >= 0.3 is 0 Å². The lowest BCUT2D eigenvalue weighted by atomic mass is 10.2. The summed E-state index contributed by atoms with van der Waals surface area (Å²) in [7, 11) is 0. The number of hydrogen-bond donors (Lipinski definition) is 2. The van der Waals surface area contributed by atoms with Crippen LogP contribution < -0.4 is 10.6 Å². The van der Waals surface area contributed by atoms with Gasteiger partial charge < -0.3 is 5.32 Å². The van der Waals surface area contributed by atoms with Gasteiger partial charge in [-0.1, -0.05) is 17.7 Å². The molecule has 4 nitrogen and oxygen atoms in total. The molecule has 1 aromatic carbocycles. The number of carbonyl (C=O) groups is 1. The fourth-order valence-corrected chi connectivity index (χ4v) is 2.49. The Balaban J connectivity index is 2.05. The molecule has 0 radical (unpaired) electrons. The average molecular weight is 432 g/mol. The van der Waals surface area contributed by atoms with Crippen LogP contribution in [0.25, 0.3) is 0 Å². The van der Waals surface area contributed by atoms with Crippen LogP contribution in [0.1, 0.15) is 16.1 Å². The fraction of sp³-hybridized carbons (Fsp3) is 0.0714. The van der Waals surface area contributed by atoms with E-state index in [0.717, 1.165) is 9.26 Å². The maximum Gasteiger partial charge on any atom is 0.258 e. The maximum absolute atomic E-state index is 12.1. The normalized spacial score (nSPS) is 10.0. The van der Waals surface area contributed by atoms with E-state index in [4.69, 9.17) is 23.8 Å². The third-order valence-electron chi connectivity index (χ3n) is 2.53. The number of amides is 1. The Bertz CT molecular complexity index is 708. The van der Waals surface area contributed by atoms with E-state index < -0.39 is 0 Å². The second-order valence-electron chi connectivity index (χ2n) is 4.20. The molecule has 108 valence electrons. The van der Waals surface area contributed by atoms with E-state index in [1.807, 2.05) is 25.1 Å². The van der Waals surface area contributed by atoms with Crippen LogP contribution in [0.5, 0.6) is 0 Å². The summed E-state index contributed by atoms with van der Waals surface area (Å²) in [6.07, 6.45) is 0. The highest BCUT2D eigenvalue weighted by Gasteiger charge is 2.12. The third-order valence-corrected chi connectivity index (χ3v) is 3.73. The number of pyridine rings is 1. The van der Waals surface area contributed by atoms with Crippen LogP contribution in [0, 0.1) is 10.5 Å². The van der Waals surface area contributed by atoms with E-state index in [0.29, 0.717) is 16.4 Å². The van der Waals surface area contributed by atoms with Gasteiger partial charge in [0, 0.05) is 9.26 Å². The summed E-state index contributed by atoms with van der Waals surface area (Å²) in [6.45, 7) is 1.87. The molecule has 0 saturated carbocycles. The molecule has 0 aliphatic rings. The summed E-state index contributed by atoms with van der Waals surface area (Å²) < 4.78 is 0.918. The van der Waals surface area contributed by atoms with Gasteiger partial charge in [0.25, 0.3) is 5.91 Å². The maximum atomic E-state index is 12.1. The van der Waals surface area contributed by atoms with Crippen LogP contribution >= 0.6 is 46.4 Å². The van der Waals surface area contributed by atoms with Crippen LogP contribution in [-0.2, 0) is 0 Å². The molecule has 21 heavy (non-hydrogen) atoms. The van der Waals surface area contributed by atoms with Crippen molar-refractivity contribution in [2.45, 2.75) is 6.92 Å². The lowest BCUT2D eigenvalue weighted by Gasteiger charge is -2.10. The zero-order valence-electron chi connectivity index (χ0n) is 11.0. The molecule has 2 rings (SSSR count). The van der Waals surface area contributed by atoms with E-state index in [1.165, 1.54) is 0 Å². The van der Waals surface area contributed by atoms with Gasteiger partial charge in [0.15, 0.2) is 5.11 Å². The third kappa shape index (κ3) is 4.62. The number of rotatable bonds is 2. The molecular weight excluding hydrogens is 421 g/mol. The summed E-state index contributed by atoms with van der Waals surface area (Å²) in [4.78, 5) is 16.4. The van der Waals surface area contributed by atoms with Crippen molar-refractivity contribution in [2.75, 3.05) is 5.32 Å². The molecule has 0 aliphatic carbocycles. The van der Waals surface area contributed by atoms with Gasteiger partial charge in [0.1, 0.15) is 5.82 Å². The number of hydrogen-bond acceptors (Lipinski definition) is 3. The van der Waals surface area contributed by atoms with Gasteiger partial charge in [-0.25, -0.2) is 4.98 Å². The number of benzene rings is 1. The summed E-state index contributed by atoms with van der Waals surface area (Å²) in [5, 5.41) is 6.00. The minimum atomic E-state index is -0.358. The molecule has 1 heterocycles. The molecule has 1 amide bonds. The molecule has 0 aliphatic heterocycles. The second-order valence-corrected chi connectivity index (χ2v) is 6.26. The van der Waals surface area contributed by atoms with Gasteiger partial charge in [-0.05, 0) is 72.1 Å². The molecule has 7 heteroatoms. The number of aromatic nitrogens is 1. The monoisotopic (exact) mass is 431 g/mol. The fourth-order valence-electron chi connectivity index (χ4n) is 1.60. The zero-order chi connectivity index (χ0) is 15.4. The highest BCUT2D eigenvalue weighted by Crippen LogP contribution is 2.18. The van der Waals surface area contributed by atoms with Gasteiger partial charge in [0.2, 0.25) is 0 Å². The molecule has 0 saturated heterocycles. The first-order chi connectivity index (χ1) is 9.95. The Morgan fingerprint density at radius 2 is 2.10 bits per heavy atom. The molecule has 2 aromatic rings. The number of anilines is 1. The zero-order valence-corrected chi connectivity index (χ0v) is 14.7. The minimum absolute atomic E-state index is 0.174. The highest BCUT2D eigenvalue weighted by atomic mass is 127. The van der Waals surface area contributed by atoms with Crippen LogP contribution in [0.4, 0.5) is 5.82 Å². The molecular formula is C14H11ClIN3OS. The van der Waals surface area contributed by atoms with Crippen molar-refractivity contribution in [3.63, 3.8) is 0 Å². The summed E-state index contributed by atoms with van der Waals surface area (Å²) in [5.41, 5.74) is 1.24. The Kier molecular flexibility index (Phi) is 5.49. The summed E-state index contributed by atoms with van der Waals surface area (Å²) >= 11 is 13.2. The smallest absolute Gasteiger partial charge is 0.258 e. The van der Waals surface area contributed by atoms with Gasteiger partial charge in [-0.3, -0.25) is 10.1 Å². The lowest BCUT2D eigenvalue weighted by Crippen LogP contribution is -2.34. The quantitative estimate of drug-likeness (QED) is 0.561. The van der Waals surface area contributed by atoms with Crippen molar-refractivity contribution >= 4 is 63.2 Å². The van der Waals surface area contributed by atoms with Crippen molar-refractivity contribution in [1.29, 1.82) is 0 Å². The first-order valence-electron chi connectivity index (χ1n) is 5.97. The van der Waals surface area contributed by atoms with Crippen LogP contribution in [0.3, 0.4) is 0 Å². The minimum Gasteiger partial charge on any atom is -0.317 e. The molecule has 0 atom stereocenters. The topological polar surface area (TPSA) is 54.0 Å². The average Bonchev–Trinajstić information content (AvgIpc) is 2.41. The summed E-state index contributed by atoms with van der Waals surface area (Å²) in [5.74, 6) is 0.220. The van der Waals surface area contributed by atoms with Gasteiger partial charge in [-0.15, -0.1) is 0 Å². The van der Waals surface area contributed by atoms with Crippen molar-refractivity contribution in [1.82, 2.24) is 10.3 Å². The predicted octanol–water partition coefficient (Wildman–Crippen LogP) is 3.77. The number of nitrogens with zero attached hydrogens (tertiary/aromatic N) is 1. The predicted molar refractivity (Wildman–Crippen MR) is 96.8 cm³/mol. The lowest BCUT2D eigenvalue weighted by molar-refractivity contribution is 0.0978. The molecule has 2 N–H and O–H groups in total. The SMILES string of the molecule is Cc1cccc(NC(=S)NC(=O)c2cc(I)ccc2Cl)n1. The van der Waals surface area contributed by atoms with E-state index in [9.17, 15) is 4.79 Å². The highest BCUT2D eigenvalue weighted by molar-refractivity contribution is 14.1. The number of nitrogens with one attached hydrogen (secondary N) is 2. The van der Waals surface area contributed by atoms with E-state index in [-0.39, 0.29) is 11.0 Å². The number of thiocarbonyl (C=S) groups is 1. The van der Waals surface area contributed by atoms with Crippen molar-refractivity contribution in [2.24, 2.45) is 0 Å². The molecule has 0 unspecified atom stereocenters. The largest absolute Gasteiger partial charge is 0.317 e. The standard InChI is InChI=1S/C14H11ClIN3OS/c1-8-3-2-4-12(17-8)18-14(21)19-13(20)10-7-9(16)5-6-11(10)15/h2-7H,1H3,(H2,17,18,19,20,21). The number of halogens is 2. The van der Waals surface area contributed by atoms with E-state index in [2.05, 4.69) is 38.2 Å². The van der Waals surface area contributed by atoms with Crippen molar-refractivity contribution in [3.05, 3.63) is 56.2 Å². The van der Waals surface area contributed by atoms with Crippen LogP contribution in [0.2, 0.25) is 5.02 Å². The molecule has 0 spiro atoms. The van der Waals surface area contributed by atoms with Gasteiger partial charge in [0.05, 0.1) is 10.6 Å². The molecule has 0 bridgehead atoms.